The first-order chi connectivity index (χ1) is 12.7. The smallest absolute Gasteiger partial charge is 0.264 e. The number of rotatable bonds is 7. The fourth-order valence-electron chi connectivity index (χ4n) is 2.44. The third-order valence-electron chi connectivity index (χ3n) is 4.50. The molecule has 1 amide bonds. The summed E-state index contributed by atoms with van der Waals surface area (Å²) in [6.07, 6.45) is 0. The molecule has 0 aliphatic heterocycles. The lowest BCUT2D eigenvalue weighted by atomic mass is 10.2. The summed E-state index contributed by atoms with van der Waals surface area (Å²) in [7, 11) is 0.830. The number of anilines is 1. The van der Waals surface area contributed by atoms with E-state index in [-0.39, 0.29) is 16.8 Å². The SMILES string of the molecule is COc1ccc(N(C)S(=O)(=O)c2cccc(C(=O)N(C)C(C)CN)c2)cc1. The van der Waals surface area contributed by atoms with Crippen molar-refractivity contribution in [3.8, 4) is 5.75 Å². The predicted octanol–water partition coefficient (Wildman–Crippen LogP) is 1.94. The van der Waals surface area contributed by atoms with Crippen LogP contribution in [-0.4, -0.2) is 53.0 Å². The van der Waals surface area contributed by atoms with E-state index in [0.717, 1.165) is 0 Å². The minimum absolute atomic E-state index is 0.0421. The first-order valence-electron chi connectivity index (χ1n) is 8.42. The quantitative estimate of drug-likeness (QED) is 0.779. The molecule has 0 spiro atoms. The minimum atomic E-state index is -3.82. The van der Waals surface area contributed by atoms with Crippen LogP contribution >= 0.6 is 0 Å². The second-order valence-electron chi connectivity index (χ2n) is 6.20. The Morgan fingerprint density at radius 1 is 1.15 bits per heavy atom. The number of hydrogen-bond acceptors (Lipinski definition) is 5. The van der Waals surface area contributed by atoms with Crippen LogP contribution in [0.2, 0.25) is 0 Å². The molecule has 27 heavy (non-hydrogen) atoms. The van der Waals surface area contributed by atoms with Gasteiger partial charge in [-0.05, 0) is 49.4 Å². The average Bonchev–Trinajstić information content (AvgIpc) is 2.71. The van der Waals surface area contributed by atoms with E-state index in [1.807, 2.05) is 6.92 Å². The molecular formula is C19H25N3O4S. The van der Waals surface area contributed by atoms with E-state index in [9.17, 15) is 13.2 Å². The topological polar surface area (TPSA) is 92.9 Å². The average molecular weight is 391 g/mol. The van der Waals surface area contributed by atoms with Crippen molar-refractivity contribution in [2.75, 3.05) is 32.1 Å². The number of nitrogens with two attached hydrogens (primary N) is 1. The monoisotopic (exact) mass is 391 g/mol. The molecular weight excluding hydrogens is 366 g/mol. The molecule has 0 aliphatic carbocycles. The van der Waals surface area contributed by atoms with Crippen molar-refractivity contribution >= 4 is 21.6 Å². The molecule has 2 aromatic rings. The molecule has 7 nitrogen and oxygen atoms in total. The molecule has 1 atom stereocenters. The van der Waals surface area contributed by atoms with Crippen molar-refractivity contribution in [2.45, 2.75) is 17.9 Å². The van der Waals surface area contributed by atoms with Gasteiger partial charge in [0.05, 0.1) is 17.7 Å². The van der Waals surface area contributed by atoms with Gasteiger partial charge < -0.3 is 15.4 Å². The normalized spacial score (nSPS) is 12.3. The number of carbonyl (C=O) groups excluding carboxylic acids is 1. The zero-order chi connectivity index (χ0) is 20.2. The van der Waals surface area contributed by atoms with Gasteiger partial charge >= 0.3 is 0 Å². The van der Waals surface area contributed by atoms with Gasteiger partial charge in [-0.1, -0.05) is 6.07 Å². The first kappa shape index (κ1) is 20.7. The summed E-state index contributed by atoms with van der Waals surface area (Å²) >= 11 is 0. The standard InChI is InChI=1S/C19H25N3O4S/c1-14(13-20)21(2)19(23)15-6-5-7-18(12-15)27(24,25)22(3)16-8-10-17(26-4)11-9-16/h5-12,14H,13,20H2,1-4H3. The zero-order valence-electron chi connectivity index (χ0n) is 15.9. The van der Waals surface area contributed by atoms with Crippen molar-refractivity contribution in [1.29, 1.82) is 0 Å². The van der Waals surface area contributed by atoms with E-state index in [1.54, 1.807) is 50.6 Å². The Hall–Kier alpha value is -2.58. The van der Waals surface area contributed by atoms with Crippen LogP contribution in [0.25, 0.3) is 0 Å². The lowest BCUT2D eigenvalue weighted by Gasteiger charge is -2.24. The van der Waals surface area contributed by atoms with Crippen molar-refractivity contribution in [1.82, 2.24) is 4.90 Å². The molecule has 0 saturated carbocycles. The second-order valence-corrected chi connectivity index (χ2v) is 8.17. The molecule has 2 rings (SSSR count). The van der Waals surface area contributed by atoms with E-state index in [4.69, 9.17) is 10.5 Å². The summed E-state index contributed by atoms with van der Waals surface area (Å²) in [5.41, 5.74) is 6.39. The number of methoxy groups -OCH3 is 1. The Morgan fingerprint density at radius 3 is 2.33 bits per heavy atom. The number of likely N-dealkylation sites (N-methyl/N-ethyl adjacent to an activating group) is 1. The van der Waals surface area contributed by atoms with Gasteiger partial charge in [0.25, 0.3) is 15.9 Å². The Balaban J connectivity index is 2.34. The molecule has 0 fully saturated rings. The van der Waals surface area contributed by atoms with Crippen LogP contribution in [0.15, 0.2) is 53.4 Å². The van der Waals surface area contributed by atoms with Crippen LogP contribution in [0.5, 0.6) is 5.75 Å². The molecule has 0 bridgehead atoms. The third-order valence-corrected chi connectivity index (χ3v) is 6.28. The highest BCUT2D eigenvalue weighted by molar-refractivity contribution is 7.92. The van der Waals surface area contributed by atoms with Gasteiger partial charge in [-0.2, -0.15) is 0 Å². The van der Waals surface area contributed by atoms with Crippen LogP contribution in [-0.2, 0) is 10.0 Å². The van der Waals surface area contributed by atoms with Crippen molar-refractivity contribution in [3.05, 3.63) is 54.1 Å². The van der Waals surface area contributed by atoms with Crippen LogP contribution in [0.4, 0.5) is 5.69 Å². The minimum Gasteiger partial charge on any atom is -0.497 e. The summed E-state index contributed by atoms with van der Waals surface area (Å²) < 4.78 is 32.2. The third kappa shape index (κ3) is 4.40. The van der Waals surface area contributed by atoms with Crippen LogP contribution in [0.1, 0.15) is 17.3 Å². The molecule has 146 valence electrons. The number of benzene rings is 2. The van der Waals surface area contributed by atoms with Crippen molar-refractivity contribution in [3.63, 3.8) is 0 Å². The van der Waals surface area contributed by atoms with Gasteiger partial charge in [0.15, 0.2) is 0 Å². The number of sulfonamides is 1. The number of hydrogen-bond donors (Lipinski definition) is 1. The predicted molar refractivity (Wildman–Crippen MR) is 106 cm³/mol. The summed E-state index contributed by atoms with van der Waals surface area (Å²) in [6, 6.07) is 12.5. The highest BCUT2D eigenvalue weighted by atomic mass is 32.2. The first-order valence-corrected chi connectivity index (χ1v) is 9.86. The molecule has 2 aromatic carbocycles. The number of amides is 1. The zero-order valence-corrected chi connectivity index (χ0v) is 16.7. The number of carbonyl (C=O) groups is 1. The van der Waals surface area contributed by atoms with E-state index >= 15 is 0 Å². The summed E-state index contributed by atoms with van der Waals surface area (Å²) in [5.74, 6) is 0.353. The molecule has 0 heterocycles. The molecule has 0 aromatic heterocycles. The maximum absolute atomic E-state index is 13.0. The van der Waals surface area contributed by atoms with Gasteiger partial charge in [0.1, 0.15) is 5.75 Å². The lowest BCUT2D eigenvalue weighted by Crippen LogP contribution is -2.39. The molecule has 0 saturated heterocycles. The van der Waals surface area contributed by atoms with Crippen LogP contribution in [0, 0.1) is 0 Å². The Labute approximate surface area is 160 Å². The van der Waals surface area contributed by atoms with Crippen molar-refractivity contribution < 1.29 is 17.9 Å². The number of ether oxygens (including phenoxy) is 1. The largest absolute Gasteiger partial charge is 0.497 e. The summed E-state index contributed by atoms with van der Waals surface area (Å²) in [5, 5.41) is 0. The fourth-order valence-corrected chi connectivity index (χ4v) is 3.68. The number of nitrogens with zero attached hydrogens (tertiary/aromatic N) is 2. The summed E-state index contributed by atoms with van der Waals surface area (Å²) in [6.45, 7) is 2.15. The molecule has 0 aliphatic rings. The van der Waals surface area contributed by atoms with Crippen LogP contribution < -0.4 is 14.8 Å². The Bertz CT molecular complexity index is 897. The van der Waals surface area contributed by atoms with E-state index in [0.29, 0.717) is 23.5 Å². The van der Waals surface area contributed by atoms with Gasteiger partial charge in [-0.25, -0.2) is 8.42 Å². The summed E-state index contributed by atoms with van der Waals surface area (Å²) in [4.78, 5) is 14.1. The van der Waals surface area contributed by atoms with Crippen molar-refractivity contribution in [2.24, 2.45) is 5.73 Å². The second kappa shape index (κ2) is 8.41. The van der Waals surface area contributed by atoms with E-state index in [2.05, 4.69) is 0 Å². The Kier molecular flexibility index (Phi) is 6.45. The van der Waals surface area contributed by atoms with E-state index < -0.39 is 10.0 Å². The molecule has 8 heteroatoms. The highest BCUT2D eigenvalue weighted by Gasteiger charge is 2.24. The highest BCUT2D eigenvalue weighted by Crippen LogP contribution is 2.25. The fraction of sp³-hybridized carbons (Fsp3) is 0.316. The van der Waals surface area contributed by atoms with Gasteiger partial charge in [0, 0.05) is 32.2 Å². The maximum Gasteiger partial charge on any atom is 0.264 e. The molecule has 2 N–H and O–H groups in total. The lowest BCUT2D eigenvalue weighted by molar-refractivity contribution is 0.0748. The van der Waals surface area contributed by atoms with Gasteiger partial charge in [-0.15, -0.1) is 0 Å². The maximum atomic E-state index is 13.0. The Morgan fingerprint density at radius 2 is 1.78 bits per heavy atom. The van der Waals surface area contributed by atoms with Crippen LogP contribution in [0.3, 0.4) is 0 Å². The van der Waals surface area contributed by atoms with Gasteiger partial charge in [-0.3, -0.25) is 9.10 Å². The molecule has 1 unspecified atom stereocenters. The molecule has 0 radical (unpaired) electrons. The van der Waals surface area contributed by atoms with E-state index in [1.165, 1.54) is 28.4 Å². The van der Waals surface area contributed by atoms with Gasteiger partial charge in [0.2, 0.25) is 0 Å².